The summed E-state index contributed by atoms with van der Waals surface area (Å²) in [5.41, 5.74) is 6.12. The minimum atomic E-state index is 0.0412. The van der Waals surface area contributed by atoms with Crippen LogP contribution in [0.2, 0.25) is 0 Å². The number of hydrogen-bond acceptors (Lipinski definition) is 2. The molecule has 1 saturated carbocycles. The molecule has 0 unspecified atom stereocenters. The maximum Gasteiger partial charge on any atom is 0.170 e. The van der Waals surface area contributed by atoms with Crippen molar-refractivity contribution in [1.82, 2.24) is 19.8 Å². The molecule has 154 valence electrons. The quantitative estimate of drug-likeness (QED) is 0.577. The Morgan fingerprint density at radius 2 is 1.83 bits per heavy atom. The lowest BCUT2D eigenvalue weighted by molar-refractivity contribution is 0.239. The van der Waals surface area contributed by atoms with Crippen LogP contribution in [0.5, 0.6) is 0 Å². The molecular weight excluding hydrogens is 388 g/mol. The second kappa shape index (κ2) is 7.88. The lowest BCUT2D eigenvalue weighted by Crippen LogP contribution is -2.38. The van der Waals surface area contributed by atoms with Gasteiger partial charge in [0.1, 0.15) is 0 Å². The van der Waals surface area contributed by atoms with Gasteiger partial charge in [0.25, 0.3) is 0 Å². The average Bonchev–Trinajstić information content (AvgIpc) is 3.50. The van der Waals surface area contributed by atoms with E-state index in [1.165, 1.54) is 48.2 Å². The third-order valence-electron chi connectivity index (χ3n) is 6.71. The van der Waals surface area contributed by atoms with Gasteiger partial charge in [-0.25, -0.2) is 0 Å². The van der Waals surface area contributed by atoms with E-state index in [1.54, 1.807) is 0 Å². The van der Waals surface area contributed by atoms with Gasteiger partial charge in [0.15, 0.2) is 5.11 Å². The molecule has 1 N–H and O–H groups in total. The molecule has 1 aliphatic carbocycles. The van der Waals surface area contributed by atoms with Crippen molar-refractivity contribution < 1.29 is 0 Å². The first-order valence-corrected chi connectivity index (χ1v) is 11.3. The van der Waals surface area contributed by atoms with Crippen LogP contribution in [-0.4, -0.2) is 25.6 Å². The Labute approximate surface area is 183 Å². The molecule has 2 fully saturated rings. The molecule has 0 amide bonds. The van der Waals surface area contributed by atoms with Crippen LogP contribution in [0.4, 0.5) is 0 Å². The van der Waals surface area contributed by atoms with E-state index in [0.29, 0.717) is 6.04 Å². The van der Waals surface area contributed by atoms with Gasteiger partial charge in [-0.2, -0.15) is 0 Å². The predicted molar refractivity (Wildman–Crippen MR) is 125 cm³/mol. The highest BCUT2D eigenvalue weighted by Gasteiger charge is 2.44. The highest BCUT2D eigenvalue weighted by atomic mass is 32.1. The van der Waals surface area contributed by atoms with Crippen molar-refractivity contribution in [3.05, 3.63) is 83.4 Å². The standard InChI is InChI=1S/C25H28N4S/c1-17-12-13-20(16-18(17)2)28-15-7-11-22(28)24-23(21-10-5-6-14-26-21)27-25(30)29(24)19-8-3-4-9-19/h5-7,10-16,19,23-24H,3-4,8-9H2,1-2H3,(H,27,30)/t23-,24-/m0/s1. The molecule has 3 aromatic rings. The molecule has 5 heteroatoms. The summed E-state index contributed by atoms with van der Waals surface area (Å²) in [5.74, 6) is 0. The molecule has 2 aromatic heterocycles. The number of aromatic nitrogens is 2. The predicted octanol–water partition coefficient (Wildman–Crippen LogP) is 5.40. The van der Waals surface area contributed by atoms with Crippen LogP contribution in [-0.2, 0) is 0 Å². The summed E-state index contributed by atoms with van der Waals surface area (Å²) in [4.78, 5) is 7.15. The fourth-order valence-electron chi connectivity index (χ4n) is 5.00. The summed E-state index contributed by atoms with van der Waals surface area (Å²) >= 11 is 5.88. The van der Waals surface area contributed by atoms with E-state index in [1.807, 2.05) is 12.3 Å². The minimum absolute atomic E-state index is 0.0412. The summed E-state index contributed by atoms with van der Waals surface area (Å²) in [7, 11) is 0. The normalized spacial score (nSPS) is 21.9. The maximum atomic E-state index is 5.88. The number of aryl methyl sites for hydroxylation is 2. The van der Waals surface area contributed by atoms with Crippen LogP contribution >= 0.6 is 12.2 Å². The lowest BCUT2D eigenvalue weighted by atomic mass is 9.99. The first-order valence-electron chi connectivity index (χ1n) is 10.9. The molecule has 1 aromatic carbocycles. The zero-order chi connectivity index (χ0) is 20.7. The average molecular weight is 417 g/mol. The Kier molecular flexibility index (Phi) is 5.07. The van der Waals surface area contributed by atoms with Crippen molar-refractivity contribution in [2.45, 2.75) is 57.7 Å². The SMILES string of the molecule is Cc1ccc(-n2cccc2[C@H]2[C@H](c3ccccn3)NC(=S)N2C2CCCC2)cc1C. The largest absolute Gasteiger partial charge is 0.352 e. The third kappa shape index (κ3) is 3.31. The Hall–Kier alpha value is -2.66. The van der Waals surface area contributed by atoms with Crippen LogP contribution in [0, 0.1) is 13.8 Å². The van der Waals surface area contributed by atoms with Gasteiger partial charge in [-0.3, -0.25) is 4.98 Å². The van der Waals surface area contributed by atoms with E-state index in [-0.39, 0.29) is 12.1 Å². The van der Waals surface area contributed by atoms with Crippen molar-refractivity contribution in [2.24, 2.45) is 0 Å². The van der Waals surface area contributed by atoms with E-state index in [9.17, 15) is 0 Å². The van der Waals surface area contributed by atoms with Crippen LogP contribution in [0.15, 0.2) is 60.9 Å². The van der Waals surface area contributed by atoms with Crippen molar-refractivity contribution in [2.75, 3.05) is 0 Å². The molecule has 2 aliphatic rings. The summed E-state index contributed by atoms with van der Waals surface area (Å²) < 4.78 is 2.32. The molecule has 1 saturated heterocycles. The smallest absolute Gasteiger partial charge is 0.170 e. The molecule has 3 heterocycles. The zero-order valence-electron chi connectivity index (χ0n) is 17.6. The van der Waals surface area contributed by atoms with Gasteiger partial charge in [-0.05, 0) is 86.4 Å². The summed E-state index contributed by atoms with van der Waals surface area (Å²) in [5, 5.41) is 4.47. The van der Waals surface area contributed by atoms with Gasteiger partial charge >= 0.3 is 0 Å². The van der Waals surface area contributed by atoms with Crippen molar-refractivity contribution in [3.8, 4) is 5.69 Å². The zero-order valence-corrected chi connectivity index (χ0v) is 18.4. The number of rotatable bonds is 4. The third-order valence-corrected chi connectivity index (χ3v) is 7.03. The number of hydrogen-bond donors (Lipinski definition) is 1. The Bertz CT molecular complexity index is 1050. The van der Waals surface area contributed by atoms with E-state index in [4.69, 9.17) is 12.2 Å². The van der Waals surface area contributed by atoms with Crippen LogP contribution in [0.3, 0.4) is 0 Å². The van der Waals surface area contributed by atoms with Crippen LogP contribution in [0.1, 0.15) is 60.3 Å². The van der Waals surface area contributed by atoms with Crippen LogP contribution < -0.4 is 5.32 Å². The second-order valence-corrected chi connectivity index (χ2v) is 8.93. The molecule has 0 radical (unpaired) electrons. The Morgan fingerprint density at radius 1 is 1.00 bits per heavy atom. The highest BCUT2D eigenvalue weighted by molar-refractivity contribution is 7.80. The van der Waals surface area contributed by atoms with Gasteiger partial charge in [0.2, 0.25) is 0 Å². The first kappa shape index (κ1) is 19.3. The topological polar surface area (TPSA) is 33.1 Å². The lowest BCUT2D eigenvalue weighted by Gasteiger charge is -2.33. The van der Waals surface area contributed by atoms with E-state index < -0.39 is 0 Å². The fourth-order valence-corrected chi connectivity index (χ4v) is 5.39. The number of nitrogens with zero attached hydrogens (tertiary/aromatic N) is 3. The molecule has 2 atom stereocenters. The van der Waals surface area contributed by atoms with Crippen LogP contribution in [0.25, 0.3) is 5.69 Å². The molecule has 30 heavy (non-hydrogen) atoms. The highest BCUT2D eigenvalue weighted by Crippen LogP contribution is 2.43. The molecular formula is C25H28N4S. The van der Waals surface area contributed by atoms with Gasteiger partial charge in [-0.1, -0.05) is 25.0 Å². The second-order valence-electron chi connectivity index (χ2n) is 8.54. The van der Waals surface area contributed by atoms with Gasteiger partial charge < -0.3 is 14.8 Å². The maximum absolute atomic E-state index is 5.88. The summed E-state index contributed by atoms with van der Waals surface area (Å²) in [6, 6.07) is 17.9. The first-order chi connectivity index (χ1) is 14.6. The Morgan fingerprint density at radius 3 is 2.57 bits per heavy atom. The van der Waals surface area contributed by atoms with Gasteiger partial charge in [0.05, 0.1) is 17.8 Å². The fraction of sp³-hybridized carbons (Fsp3) is 0.360. The van der Waals surface area contributed by atoms with Crippen molar-refractivity contribution in [3.63, 3.8) is 0 Å². The number of nitrogens with one attached hydrogen (secondary N) is 1. The minimum Gasteiger partial charge on any atom is -0.352 e. The van der Waals surface area contributed by atoms with E-state index in [2.05, 4.69) is 82.3 Å². The van der Waals surface area contributed by atoms with Gasteiger partial charge in [-0.15, -0.1) is 0 Å². The molecule has 0 bridgehead atoms. The van der Waals surface area contributed by atoms with Crippen molar-refractivity contribution in [1.29, 1.82) is 0 Å². The molecule has 1 aliphatic heterocycles. The monoisotopic (exact) mass is 416 g/mol. The Balaban J connectivity index is 1.62. The summed E-state index contributed by atoms with van der Waals surface area (Å²) in [6.45, 7) is 4.34. The van der Waals surface area contributed by atoms with E-state index >= 15 is 0 Å². The number of thiocarbonyl (C=S) groups is 1. The van der Waals surface area contributed by atoms with Gasteiger partial charge in [0, 0.05) is 29.8 Å². The van der Waals surface area contributed by atoms with Crippen molar-refractivity contribution >= 4 is 17.3 Å². The van der Waals surface area contributed by atoms with E-state index in [0.717, 1.165) is 10.8 Å². The molecule has 5 rings (SSSR count). The number of pyridine rings is 1. The molecule has 4 nitrogen and oxygen atoms in total. The summed E-state index contributed by atoms with van der Waals surface area (Å²) in [6.07, 6.45) is 9.02. The molecule has 0 spiro atoms. The number of benzene rings is 1.